The lowest BCUT2D eigenvalue weighted by molar-refractivity contribution is -0.115. The van der Waals surface area contributed by atoms with Crippen molar-refractivity contribution in [2.24, 2.45) is 0 Å². The predicted molar refractivity (Wildman–Crippen MR) is 121 cm³/mol. The minimum atomic E-state index is -0.296. The van der Waals surface area contributed by atoms with Crippen molar-refractivity contribution in [3.05, 3.63) is 78.4 Å². The van der Waals surface area contributed by atoms with Crippen molar-refractivity contribution >= 4 is 45.8 Å². The van der Waals surface area contributed by atoms with Crippen LogP contribution in [0, 0.1) is 0 Å². The van der Waals surface area contributed by atoms with E-state index in [0.717, 1.165) is 27.8 Å². The lowest BCUT2D eigenvalue weighted by atomic mass is 10.0. The van der Waals surface area contributed by atoms with Crippen molar-refractivity contribution in [2.45, 2.75) is 0 Å². The van der Waals surface area contributed by atoms with E-state index in [-0.39, 0.29) is 11.0 Å². The molecule has 0 bridgehead atoms. The summed E-state index contributed by atoms with van der Waals surface area (Å²) in [5.74, 6) is 0.440. The van der Waals surface area contributed by atoms with Gasteiger partial charge >= 0.3 is 0 Å². The number of hydrogen-bond donors (Lipinski definition) is 2. The molecule has 0 atom stereocenters. The molecule has 1 amide bonds. The summed E-state index contributed by atoms with van der Waals surface area (Å²) in [6.07, 6.45) is 3.26. The summed E-state index contributed by atoms with van der Waals surface area (Å²) < 4.78 is 10.5. The van der Waals surface area contributed by atoms with Crippen LogP contribution in [0.3, 0.4) is 0 Å². The Labute approximate surface area is 175 Å². The fraction of sp³-hybridized carbons (Fsp3) is 0.130. The van der Waals surface area contributed by atoms with Gasteiger partial charge in [-0.15, -0.1) is 0 Å². The molecule has 0 saturated heterocycles. The molecule has 29 heavy (non-hydrogen) atoms. The predicted octanol–water partition coefficient (Wildman–Crippen LogP) is 4.39. The van der Waals surface area contributed by atoms with Crippen molar-refractivity contribution in [1.82, 2.24) is 5.32 Å². The van der Waals surface area contributed by atoms with E-state index in [4.69, 9.17) is 21.7 Å². The molecule has 0 aliphatic heterocycles. The SMILES string of the molecule is COCCOc1ccc(NC(=S)NC(=O)/C=C/c2cccc3ccccc23)cc1. The molecule has 0 aliphatic carbocycles. The number of carbonyl (C=O) groups is 1. The van der Waals surface area contributed by atoms with E-state index in [2.05, 4.69) is 10.6 Å². The van der Waals surface area contributed by atoms with Gasteiger partial charge in [-0.3, -0.25) is 10.1 Å². The summed E-state index contributed by atoms with van der Waals surface area (Å²) in [6, 6.07) is 21.3. The number of fused-ring (bicyclic) bond motifs is 1. The normalized spacial score (nSPS) is 10.8. The monoisotopic (exact) mass is 406 g/mol. The smallest absolute Gasteiger partial charge is 0.250 e. The highest BCUT2D eigenvalue weighted by Crippen LogP contribution is 2.19. The molecule has 0 heterocycles. The number of methoxy groups -OCH3 is 1. The second kappa shape index (κ2) is 10.4. The van der Waals surface area contributed by atoms with Gasteiger partial charge in [0.1, 0.15) is 12.4 Å². The minimum Gasteiger partial charge on any atom is -0.491 e. The van der Waals surface area contributed by atoms with Crippen LogP contribution in [0.5, 0.6) is 5.75 Å². The van der Waals surface area contributed by atoms with Crippen LogP contribution in [0.25, 0.3) is 16.8 Å². The molecule has 3 aromatic rings. The summed E-state index contributed by atoms with van der Waals surface area (Å²) in [7, 11) is 1.63. The summed E-state index contributed by atoms with van der Waals surface area (Å²) in [4.78, 5) is 12.2. The van der Waals surface area contributed by atoms with Crippen LogP contribution >= 0.6 is 12.2 Å². The minimum absolute atomic E-state index is 0.227. The van der Waals surface area contributed by atoms with Gasteiger partial charge in [0.15, 0.2) is 5.11 Å². The summed E-state index contributed by atoms with van der Waals surface area (Å²) in [5.41, 5.74) is 1.73. The Morgan fingerprint density at radius 2 is 1.76 bits per heavy atom. The molecular formula is C23H22N2O3S. The van der Waals surface area contributed by atoms with Crippen molar-refractivity contribution in [3.8, 4) is 5.75 Å². The van der Waals surface area contributed by atoms with Gasteiger partial charge in [0.25, 0.3) is 0 Å². The number of anilines is 1. The van der Waals surface area contributed by atoms with Gasteiger partial charge in [0.2, 0.25) is 5.91 Å². The van der Waals surface area contributed by atoms with E-state index in [0.29, 0.717) is 13.2 Å². The van der Waals surface area contributed by atoms with Crippen LogP contribution in [-0.4, -0.2) is 31.3 Å². The summed E-state index contributed by atoms with van der Waals surface area (Å²) in [5, 5.41) is 8.08. The molecule has 0 saturated carbocycles. The molecule has 0 radical (unpaired) electrons. The molecule has 0 unspecified atom stereocenters. The average Bonchev–Trinajstić information content (AvgIpc) is 2.73. The first-order valence-corrected chi connectivity index (χ1v) is 9.56. The van der Waals surface area contributed by atoms with Crippen LogP contribution < -0.4 is 15.4 Å². The third-order valence-electron chi connectivity index (χ3n) is 4.14. The highest BCUT2D eigenvalue weighted by molar-refractivity contribution is 7.80. The summed E-state index contributed by atoms with van der Waals surface area (Å²) >= 11 is 5.21. The van der Waals surface area contributed by atoms with Crippen molar-refractivity contribution in [3.63, 3.8) is 0 Å². The van der Waals surface area contributed by atoms with Crippen LogP contribution in [0.4, 0.5) is 5.69 Å². The average molecular weight is 407 g/mol. The maximum Gasteiger partial charge on any atom is 0.250 e. The third-order valence-corrected chi connectivity index (χ3v) is 4.35. The second-order valence-electron chi connectivity index (χ2n) is 6.21. The van der Waals surface area contributed by atoms with Crippen molar-refractivity contribution < 1.29 is 14.3 Å². The number of carbonyl (C=O) groups excluding carboxylic acids is 1. The number of hydrogen-bond acceptors (Lipinski definition) is 4. The van der Waals surface area contributed by atoms with Gasteiger partial charge in [-0.25, -0.2) is 0 Å². The van der Waals surface area contributed by atoms with E-state index >= 15 is 0 Å². The molecule has 2 N–H and O–H groups in total. The Bertz CT molecular complexity index is 1010. The maximum atomic E-state index is 12.2. The first-order chi connectivity index (χ1) is 14.2. The van der Waals surface area contributed by atoms with Crippen molar-refractivity contribution in [1.29, 1.82) is 0 Å². The van der Waals surface area contributed by atoms with Gasteiger partial charge in [-0.1, -0.05) is 42.5 Å². The zero-order chi connectivity index (χ0) is 20.5. The first-order valence-electron chi connectivity index (χ1n) is 9.15. The number of thiocarbonyl (C=S) groups is 1. The van der Waals surface area contributed by atoms with E-state index < -0.39 is 0 Å². The van der Waals surface area contributed by atoms with Crippen molar-refractivity contribution in [2.75, 3.05) is 25.6 Å². The number of rotatable bonds is 7. The quantitative estimate of drug-likeness (QED) is 0.346. The van der Waals surface area contributed by atoms with E-state index in [1.54, 1.807) is 13.2 Å². The molecule has 0 aliphatic rings. The van der Waals surface area contributed by atoms with Crippen LogP contribution in [0.15, 0.2) is 72.8 Å². The van der Waals surface area contributed by atoms with E-state index in [9.17, 15) is 4.79 Å². The Morgan fingerprint density at radius 3 is 2.55 bits per heavy atom. The molecule has 0 fully saturated rings. The Balaban J connectivity index is 1.54. The van der Waals surface area contributed by atoms with E-state index in [1.165, 1.54) is 6.08 Å². The Kier molecular flexibility index (Phi) is 7.33. The Hall–Kier alpha value is -3.22. The highest BCUT2D eigenvalue weighted by atomic mass is 32.1. The molecule has 148 valence electrons. The molecule has 6 heteroatoms. The number of nitrogens with one attached hydrogen (secondary N) is 2. The lowest BCUT2D eigenvalue weighted by Crippen LogP contribution is -2.32. The first kappa shape index (κ1) is 20.5. The molecule has 3 aromatic carbocycles. The molecule has 3 rings (SSSR count). The zero-order valence-corrected chi connectivity index (χ0v) is 16.9. The van der Waals surface area contributed by atoms with Gasteiger partial charge in [0, 0.05) is 18.9 Å². The van der Waals surface area contributed by atoms with Gasteiger partial charge < -0.3 is 14.8 Å². The zero-order valence-electron chi connectivity index (χ0n) is 16.1. The second-order valence-corrected chi connectivity index (χ2v) is 6.62. The molecule has 5 nitrogen and oxygen atoms in total. The Morgan fingerprint density at radius 1 is 1.00 bits per heavy atom. The fourth-order valence-electron chi connectivity index (χ4n) is 2.75. The molecule has 0 spiro atoms. The highest BCUT2D eigenvalue weighted by Gasteiger charge is 2.03. The van der Waals surface area contributed by atoms with Gasteiger partial charge in [0.05, 0.1) is 6.61 Å². The summed E-state index contributed by atoms with van der Waals surface area (Å²) in [6.45, 7) is 1.02. The van der Waals surface area contributed by atoms with Crippen LogP contribution in [-0.2, 0) is 9.53 Å². The van der Waals surface area contributed by atoms with Crippen LogP contribution in [0.2, 0.25) is 0 Å². The fourth-order valence-corrected chi connectivity index (χ4v) is 2.97. The number of benzene rings is 3. The molecule has 0 aromatic heterocycles. The van der Waals surface area contributed by atoms with Gasteiger partial charge in [-0.2, -0.15) is 0 Å². The van der Waals surface area contributed by atoms with Crippen LogP contribution in [0.1, 0.15) is 5.56 Å². The topological polar surface area (TPSA) is 59.6 Å². The maximum absolute atomic E-state index is 12.2. The van der Waals surface area contributed by atoms with E-state index in [1.807, 2.05) is 66.7 Å². The lowest BCUT2D eigenvalue weighted by Gasteiger charge is -2.10. The number of amides is 1. The third kappa shape index (κ3) is 6.14. The van der Waals surface area contributed by atoms with Gasteiger partial charge in [-0.05, 0) is 58.9 Å². The molecular weight excluding hydrogens is 384 g/mol. The largest absolute Gasteiger partial charge is 0.491 e. The standard InChI is InChI=1S/C23H22N2O3S/c1-27-15-16-28-20-12-10-19(11-13-20)24-23(29)25-22(26)14-9-18-7-4-6-17-5-2-3-8-21(17)18/h2-14H,15-16H2,1H3,(H2,24,25,26,29)/b14-9+. The number of ether oxygens (including phenoxy) is 2.